The fourth-order valence-electron chi connectivity index (χ4n) is 3.09. The van der Waals surface area contributed by atoms with Crippen molar-refractivity contribution < 1.29 is 9.84 Å². The van der Waals surface area contributed by atoms with Crippen LogP contribution in [0.15, 0.2) is 12.1 Å². The summed E-state index contributed by atoms with van der Waals surface area (Å²) in [4.78, 5) is 0. The summed E-state index contributed by atoms with van der Waals surface area (Å²) in [7, 11) is 1.67. The second-order valence-corrected chi connectivity index (χ2v) is 5.58. The maximum absolute atomic E-state index is 10.4. The Hall–Kier alpha value is -1.06. The summed E-state index contributed by atoms with van der Waals surface area (Å²) < 4.78 is 5.25. The largest absolute Gasteiger partial charge is 0.497 e. The molecule has 0 heterocycles. The molecule has 0 aromatic heterocycles. The lowest BCUT2D eigenvalue weighted by Gasteiger charge is -2.20. The van der Waals surface area contributed by atoms with Gasteiger partial charge in [0.15, 0.2) is 0 Å². The summed E-state index contributed by atoms with van der Waals surface area (Å²) in [5, 5.41) is 13.9. The molecular formula is C16H25NO2. The maximum atomic E-state index is 10.4. The molecule has 1 fully saturated rings. The Bertz CT molecular complexity index is 402. The number of hydrogen-bond acceptors (Lipinski definition) is 3. The van der Waals surface area contributed by atoms with Gasteiger partial charge in [0, 0.05) is 12.6 Å². The summed E-state index contributed by atoms with van der Waals surface area (Å²) in [5.41, 5.74) is 3.22. The fraction of sp³-hybridized carbons (Fsp3) is 0.625. The summed E-state index contributed by atoms with van der Waals surface area (Å²) in [6, 6.07) is 4.57. The molecule has 2 rings (SSSR count). The van der Waals surface area contributed by atoms with Crippen LogP contribution in [0.5, 0.6) is 5.75 Å². The summed E-state index contributed by atoms with van der Waals surface area (Å²) >= 11 is 0. The number of aliphatic hydroxyl groups is 1. The van der Waals surface area contributed by atoms with Gasteiger partial charge in [-0.05, 0) is 55.5 Å². The quantitative estimate of drug-likeness (QED) is 0.858. The van der Waals surface area contributed by atoms with Gasteiger partial charge in [0.05, 0.1) is 13.2 Å². The number of methoxy groups -OCH3 is 1. The van der Waals surface area contributed by atoms with Gasteiger partial charge in [0.1, 0.15) is 5.75 Å². The van der Waals surface area contributed by atoms with Crippen molar-refractivity contribution in [2.45, 2.75) is 51.7 Å². The molecule has 3 nitrogen and oxygen atoms in total. The Labute approximate surface area is 116 Å². The Morgan fingerprint density at radius 1 is 1.26 bits per heavy atom. The average molecular weight is 263 g/mol. The second-order valence-electron chi connectivity index (χ2n) is 5.58. The van der Waals surface area contributed by atoms with Crippen LogP contribution in [-0.2, 0) is 0 Å². The van der Waals surface area contributed by atoms with E-state index >= 15 is 0 Å². The lowest BCUT2D eigenvalue weighted by molar-refractivity contribution is 0.168. The highest BCUT2D eigenvalue weighted by atomic mass is 16.5. The van der Waals surface area contributed by atoms with Gasteiger partial charge in [-0.25, -0.2) is 0 Å². The monoisotopic (exact) mass is 263 g/mol. The van der Waals surface area contributed by atoms with Crippen LogP contribution in [0.3, 0.4) is 0 Å². The van der Waals surface area contributed by atoms with Crippen molar-refractivity contribution in [1.29, 1.82) is 0 Å². The van der Waals surface area contributed by atoms with Crippen molar-refractivity contribution in [3.63, 3.8) is 0 Å². The minimum Gasteiger partial charge on any atom is -0.497 e. The van der Waals surface area contributed by atoms with Crippen molar-refractivity contribution in [3.05, 3.63) is 28.8 Å². The molecule has 0 saturated heterocycles. The van der Waals surface area contributed by atoms with Gasteiger partial charge in [-0.3, -0.25) is 0 Å². The van der Waals surface area contributed by atoms with E-state index in [1.165, 1.54) is 25.7 Å². The Balaban J connectivity index is 2.03. The molecule has 1 aromatic rings. The van der Waals surface area contributed by atoms with Crippen LogP contribution >= 0.6 is 0 Å². The summed E-state index contributed by atoms with van der Waals surface area (Å²) in [6.07, 6.45) is 4.68. The molecule has 0 aliphatic heterocycles. The molecule has 1 aliphatic carbocycles. The van der Waals surface area contributed by atoms with Crippen LogP contribution < -0.4 is 10.1 Å². The van der Waals surface area contributed by atoms with Crippen molar-refractivity contribution in [2.75, 3.05) is 13.7 Å². The van der Waals surface area contributed by atoms with Crippen molar-refractivity contribution in [3.8, 4) is 5.75 Å². The number of ether oxygens (including phenoxy) is 1. The predicted octanol–water partition coefficient (Wildman–Crippen LogP) is 2.88. The third-order valence-corrected chi connectivity index (χ3v) is 4.09. The molecule has 1 atom stereocenters. The van der Waals surface area contributed by atoms with Gasteiger partial charge < -0.3 is 15.2 Å². The lowest BCUT2D eigenvalue weighted by Crippen LogP contribution is -2.30. The highest BCUT2D eigenvalue weighted by molar-refractivity contribution is 5.42. The van der Waals surface area contributed by atoms with Gasteiger partial charge in [0.25, 0.3) is 0 Å². The van der Waals surface area contributed by atoms with Gasteiger partial charge in [-0.2, -0.15) is 0 Å². The zero-order chi connectivity index (χ0) is 13.8. The van der Waals surface area contributed by atoms with E-state index in [9.17, 15) is 5.11 Å². The molecule has 1 saturated carbocycles. The molecule has 0 amide bonds. The molecule has 0 spiro atoms. The minimum absolute atomic E-state index is 0.438. The van der Waals surface area contributed by atoms with Crippen LogP contribution in [0.1, 0.15) is 48.5 Å². The van der Waals surface area contributed by atoms with E-state index in [0.29, 0.717) is 12.6 Å². The molecule has 1 unspecified atom stereocenters. The molecule has 106 valence electrons. The third-order valence-electron chi connectivity index (χ3n) is 4.09. The van der Waals surface area contributed by atoms with Gasteiger partial charge in [-0.1, -0.05) is 12.8 Å². The number of rotatable bonds is 5. The molecule has 0 bridgehead atoms. The first kappa shape index (κ1) is 14.4. The maximum Gasteiger partial charge on any atom is 0.119 e. The van der Waals surface area contributed by atoms with E-state index < -0.39 is 6.10 Å². The van der Waals surface area contributed by atoms with E-state index in [2.05, 4.69) is 5.32 Å². The Kier molecular flexibility index (Phi) is 4.83. The first-order valence-corrected chi connectivity index (χ1v) is 7.18. The molecule has 19 heavy (non-hydrogen) atoms. The summed E-state index contributed by atoms with van der Waals surface area (Å²) in [6.45, 7) is 4.70. The minimum atomic E-state index is -0.438. The smallest absolute Gasteiger partial charge is 0.119 e. The molecule has 1 aromatic carbocycles. The molecular weight excluding hydrogens is 238 g/mol. The van der Waals surface area contributed by atoms with E-state index in [1.807, 2.05) is 26.0 Å². The highest BCUT2D eigenvalue weighted by Gasteiger charge is 2.18. The molecule has 3 heteroatoms. The zero-order valence-corrected chi connectivity index (χ0v) is 12.2. The van der Waals surface area contributed by atoms with E-state index in [1.54, 1.807) is 7.11 Å². The fourth-order valence-corrected chi connectivity index (χ4v) is 3.09. The number of benzene rings is 1. The normalized spacial score (nSPS) is 17.7. The van der Waals surface area contributed by atoms with E-state index in [0.717, 1.165) is 22.4 Å². The van der Waals surface area contributed by atoms with E-state index in [-0.39, 0.29) is 0 Å². The average Bonchev–Trinajstić information content (AvgIpc) is 2.88. The first-order valence-electron chi connectivity index (χ1n) is 7.18. The highest BCUT2D eigenvalue weighted by Crippen LogP contribution is 2.27. The predicted molar refractivity (Wildman–Crippen MR) is 77.7 cm³/mol. The molecule has 1 aliphatic rings. The van der Waals surface area contributed by atoms with Gasteiger partial charge in [-0.15, -0.1) is 0 Å². The summed E-state index contributed by atoms with van der Waals surface area (Å²) in [5.74, 6) is 0.856. The van der Waals surface area contributed by atoms with Crippen LogP contribution in [0.4, 0.5) is 0 Å². The van der Waals surface area contributed by atoms with Crippen molar-refractivity contribution >= 4 is 0 Å². The second kappa shape index (κ2) is 6.40. The SMILES string of the molecule is COc1cc(C)c(C(O)CNC2CCCC2)c(C)c1. The molecule has 0 radical (unpaired) electrons. The number of hydrogen-bond donors (Lipinski definition) is 2. The van der Waals surface area contributed by atoms with Crippen molar-refractivity contribution in [1.82, 2.24) is 5.32 Å². The van der Waals surface area contributed by atoms with Crippen LogP contribution in [0, 0.1) is 13.8 Å². The number of aliphatic hydroxyl groups excluding tert-OH is 1. The van der Waals surface area contributed by atoms with Crippen LogP contribution in [0.25, 0.3) is 0 Å². The first-order chi connectivity index (χ1) is 9.11. The van der Waals surface area contributed by atoms with Crippen LogP contribution in [-0.4, -0.2) is 24.8 Å². The number of aryl methyl sites for hydroxylation is 2. The van der Waals surface area contributed by atoms with Crippen LogP contribution in [0.2, 0.25) is 0 Å². The Morgan fingerprint density at radius 3 is 2.37 bits per heavy atom. The van der Waals surface area contributed by atoms with E-state index in [4.69, 9.17) is 4.74 Å². The molecule has 2 N–H and O–H groups in total. The standard InChI is InChI=1S/C16H25NO2/c1-11-8-14(19-3)9-12(2)16(11)15(18)10-17-13-6-4-5-7-13/h8-9,13,15,17-18H,4-7,10H2,1-3H3. The lowest BCUT2D eigenvalue weighted by atomic mass is 9.97. The van der Waals surface area contributed by atoms with Crippen molar-refractivity contribution in [2.24, 2.45) is 0 Å². The van der Waals surface area contributed by atoms with Gasteiger partial charge in [0.2, 0.25) is 0 Å². The van der Waals surface area contributed by atoms with Gasteiger partial charge >= 0.3 is 0 Å². The topological polar surface area (TPSA) is 41.5 Å². The number of nitrogens with one attached hydrogen (secondary N) is 1. The Morgan fingerprint density at radius 2 is 1.84 bits per heavy atom. The third kappa shape index (κ3) is 3.48. The zero-order valence-electron chi connectivity index (χ0n) is 12.2.